The van der Waals surface area contributed by atoms with Crippen LogP contribution in [0.5, 0.6) is 0 Å². The Hall–Kier alpha value is -5.17. The number of amides is 1. The number of carboxylic acids is 1. The van der Waals surface area contributed by atoms with E-state index >= 15 is 0 Å². The first kappa shape index (κ1) is 26.9. The van der Waals surface area contributed by atoms with E-state index in [4.69, 9.17) is 9.84 Å². The minimum absolute atomic E-state index is 0.148. The average molecular weight is 520 g/mol. The van der Waals surface area contributed by atoms with Crippen LogP contribution in [0.4, 0.5) is 17.1 Å². The Bertz CT molecular complexity index is 1410. The van der Waals surface area contributed by atoms with Gasteiger partial charge in [-0.1, -0.05) is 54.6 Å². The molecule has 1 aliphatic rings. The van der Waals surface area contributed by atoms with Crippen LogP contribution in [0, 0.1) is 0 Å². The van der Waals surface area contributed by atoms with Crippen LogP contribution in [0.15, 0.2) is 138 Å². The predicted molar refractivity (Wildman–Crippen MR) is 154 cm³/mol. The number of carbonyl (C=O) groups excluding carboxylic acids is 1. The number of nitrogens with zero attached hydrogens (tertiary/aromatic N) is 3. The Morgan fingerprint density at radius 3 is 2.10 bits per heavy atom. The fourth-order valence-corrected chi connectivity index (χ4v) is 3.95. The third kappa shape index (κ3) is 6.59. The van der Waals surface area contributed by atoms with E-state index in [-0.39, 0.29) is 23.3 Å². The molecule has 1 fully saturated rings. The molecule has 1 amide bonds. The van der Waals surface area contributed by atoms with Crippen molar-refractivity contribution in [2.24, 2.45) is 4.99 Å². The van der Waals surface area contributed by atoms with Crippen molar-refractivity contribution in [2.45, 2.75) is 13.8 Å². The predicted octanol–water partition coefficient (Wildman–Crippen LogP) is 6.99. The summed E-state index contributed by atoms with van der Waals surface area (Å²) in [6, 6.07) is 26.4. The maximum absolute atomic E-state index is 12.9. The smallest absolute Gasteiger partial charge is 0.335 e. The van der Waals surface area contributed by atoms with Gasteiger partial charge in [-0.2, -0.15) is 4.99 Å². The zero-order valence-electron chi connectivity index (χ0n) is 21.8. The molecule has 0 bridgehead atoms. The highest BCUT2D eigenvalue weighted by Crippen LogP contribution is 2.30. The molecular weight excluding hydrogens is 490 g/mol. The number of amidine groups is 1. The second kappa shape index (κ2) is 12.9. The molecule has 1 saturated heterocycles. The normalized spacial score (nSPS) is 16.0. The van der Waals surface area contributed by atoms with Crippen molar-refractivity contribution in [3.05, 3.63) is 138 Å². The highest BCUT2D eigenvalue weighted by Gasteiger charge is 2.33. The van der Waals surface area contributed by atoms with Crippen LogP contribution in [0.2, 0.25) is 0 Å². The molecule has 39 heavy (non-hydrogen) atoms. The quantitative estimate of drug-likeness (QED) is 0.243. The van der Waals surface area contributed by atoms with E-state index in [2.05, 4.69) is 34.2 Å². The number of rotatable bonds is 9. The summed E-state index contributed by atoms with van der Waals surface area (Å²) < 4.78 is 5.77. The molecule has 1 N–H and O–H groups in total. The number of likely N-dealkylation sites (N-methyl/N-ethyl adjacent to an activating group) is 1. The lowest BCUT2D eigenvalue weighted by molar-refractivity contribution is -0.122. The molecule has 3 aromatic carbocycles. The number of hydrogen-bond donors (Lipinski definition) is 1. The van der Waals surface area contributed by atoms with Crippen LogP contribution in [0.25, 0.3) is 0 Å². The summed E-state index contributed by atoms with van der Waals surface area (Å²) >= 11 is 0. The van der Waals surface area contributed by atoms with Gasteiger partial charge in [-0.05, 0) is 80.6 Å². The van der Waals surface area contributed by atoms with Crippen LogP contribution >= 0.6 is 0 Å². The lowest BCUT2D eigenvalue weighted by Gasteiger charge is -2.26. The molecule has 7 nitrogen and oxygen atoms in total. The molecule has 196 valence electrons. The highest BCUT2D eigenvalue weighted by atomic mass is 16.5. The molecule has 0 spiro atoms. The van der Waals surface area contributed by atoms with Crippen LogP contribution in [0.1, 0.15) is 24.2 Å². The van der Waals surface area contributed by atoms with E-state index in [0.29, 0.717) is 12.2 Å². The molecule has 0 saturated carbocycles. The van der Waals surface area contributed by atoms with Gasteiger partial charge in [0.25, 0.3) is 5.91 Å². The van der Waals surface area contributed by atoms with E-state index in [0.717, 1.165) is 17.1 Å². The summed E-state index contributed by atoms with van der Waals surface area (Å²) in [7, 11) is 0. The second-order valence-corrected chi connectivity index (χ2v) is 8.41. The van der Waals surface area contributed by atoms with Gasteiger partial charge in [0.2, 0.25) is 0 Å². The van der Waals surface area contributed by atoms with Crippen molar-refractivity contribution >= 4 is 35.0 Å². The van der Waals surface area contributed by atoms with Gasteiger partial charge in [0.1, 0.15) is 0 Å². The van der Waals surface area contributed by atoms with Crippen LogP contribution < -0.4 is 4.90 Å². The standard InChI is InChI=1S/C32H29N3O4/c1-3-13-26(35(27-14-7-5-8-15-27)28-16-9-6-10-17-28)18-11-12-19-29-30(36)34(4-2)32(39-29)33-25-22-20-24(21-23-25)31(37)38/h3,5-23H,4H2,1-2H3,(H,37,38)/b12-11+,13-3-,26-18+,29-19+,33-32?. The summed E-state index contributed by atoms with van der Waals surface area (Å²) in [5.74, 6) is -1.16. The average Bonchev–Trinajstić information content (AvgIpc) is 3.26. The van der Waals surface area contributed by atoms with Gasteiger partial charge in [0.15, 0.2) is 5.76 Å². The highest BCUT2D eigenvalue weighted by molar-refractivity contribution is 6.09. The summed E-state index contributed by atoms with van der Waals surface area (Å²) in [6.45, 7) is 4.17. The van der Waals surface area contributed by atoms with E-state index in [1.165, 1.54) is 17.0 Å². The Balaban J connectivity index is 1.59. The summed E-state index contributed by atoms with van der Waals surface area (Å²) in [4.78, 5) is 32.0. The third-order valence-electron chi connectivity index (χ3n) is 5.79. The van der Waals surface area contributed by atoms with E-state index in [1.807, 2.05) is 74.5 Å². The maximum Gasteiger partial charge on any atom is 0.335 e. The molecule has 0 aliphatic carbocycles. The maximum atomic E-state index is 12.9. The van der Waals surface area contributed by atoms with E-state index < -0.39 is 5.97 Å². The number of carboxylic acid groups (broad SMARTS) is 1. The molecule has 1 aliphatic heterocycles. The van der Waals surface area contributed by atoms with Gasteiger partial charge in [0, 0.05) is 23.6 Å². The van der Waals surface area contributed by atoms with Crippen molar-refractivity contribution in [3.8, 4) is 0 Å². The largest absolute Gasteiger partial charge is 0.478 e. The van der Waals surface area contributed by atoms with Crippen molar-refractivity contribution in [3.63, 3.8) is 0 Å². The zero-order chi connectivity index (χ0) is 27.6. The van der Waals surface area contributed by atoms with Crippen molar-refractivity contribution < 1.29 is 19.4 Å². The lowest BCUT2D eigenvalue weighted by Crippen LogP contribution is -2.29. The third-order valence-corrected chi connectivity index (χ3v) is 5.79. The fourth-order valence-electron chi connectivity index (χ4n) is 3.95. The first-order chi connectivity index (χ1) is 19.0. The van der Waals surface area contributed by atoms with E-state index in [1.54, 1.807) is 24.3 Å². The van der Waals surface area contributed by atoms with Crippen LogP contribution in [-0.4, -0.2) is 34.4 Å². The number of anilines is 2. The summed E-state index contributed by atoms with van der Waals surface area (Å²) in [5.41, 5.74) is 3.61. The number of allylic oxidation sites excluding steroid dienone is 6. The Labute approximate surface area is 228 Å². The lowest BCUT2D eigenvalue weighted by atomic mass is 10.2. The van der Waals surface area contributed by atoms with Crippen molar-refractivity contribution in [1.29, 1.82) is 0 Å². The van der Waals surface area contributed by atoms with Gasteiger partial charge >= 0.3 is 12.0 Å². The number of hydrogen-bond acceptors (Lipinski definition) is 5. The number of aliphatic imine (C=N–C) groups is 1. The van der Waals surface area contributed by atoms with Crippen LogP contribution in [0.3, 0.4) is 0 Å². The number of para-hydroxylation sites is 2. The molecule has 0 unspecified atom stereocenters. The molecule has 0 aromatic heterocycles. The van der Waals surface area contributed by atoms with Gasteiger partial charge in [-0.15, -0.1) is 0 Å². The minimum atomic E-state index is -1.02. The zero-order valence-corrected chi connectivity index (χ0v) is 21.8. The van der Waals surface area contributed by atoms with Gasteiger partial charge in [-0.3, -0.25) is 9.69 Å². The molecule has 7 heteroatoms. The first-order valence-electron chi connectivity index (χ1n) is 12.5. The molecule has 1 heterocycles. The summed E-state index contributed by atoms with van der Waals surface area (Å²) in [5, 5.41) is 9.09. The number of aromatic carboxylic acids is 1. The Kier molecular flexibility index (Phi) is 8.87. The van der Waals surface area contributed by atoms with Gasteiger partial charge < -0.3 is 14.7 Å². The number of carbonyl (C=O) groups is 2. The first-order valence-corrected chi connectivity index (χ1v) is 12.5. The van der Waals surface area contributed by atoms with Gasteiger partial charge in [0.05, 0.1) is 11.3 Å². The molecule has 0 atom stereocenters. The number of ether oxygens (including phenoxy) is 1. The monoisotopic (exact) mass is 519 g/mol. The molecule has 4 rings (SSSR count). The Morgan fingerprint density at radius 1 is 0.949 bits per heavy atom. The van der Waals surface area contributed by atoms with Gasteiger partial charge in [-0.25, -0.2) is 4.79 Å². The topological polar surface area (TPSA) is 82.4 Å². The SMILES string of the molecule is C\C=C/C(=C\C=C\C=C1\OC(=Nc2ccc(C(=O)O)cc2)N(CC)C1=O)N(c1ccccc1)c1ccccc1. The number of benzene rings is 3. The second-order valence-electron chi connectivity index (χ2n) is 8.41. The molecule has 0 radical (unpaired) electrons. The Morgan fingerprint density at radius 2 is 1.56 bits per heavy atom. The fraction of sp³-hybridized carbons (Fsp3) is 0.0938. The molecule has 3 aromatic rings. The minimum Gasteiger partial charge on any atom is -0.478 e. The van der Waals surface area contributed by atoms with Crippen molar-refractivity contribution in [2.75, 3.05) is 11.4 Å². The van der Waals surface area contributed by atoms with Crippen molar-refractivity contribution in [1.82, 2.24) is 4.90 Å². The molecular formula is C32H29N3O4. The van der Waals surface area contributed by atoms with E-state index in [9.17, 15) is 9.59 Å². The summed E-state index contributed by atoms with van der Waals surface area (Å²) in [6.07, 6.45) is 11.2. The van der Waals surface area contributed by atoms with Crippen LogP contribution in [-0.2, 0) is 9.53 Å².